The summed E-state index contributed by atoms with van der Waals surface area (Å²) >= 11 is 0. The molecular weight excluding hydrogens is 647 g/mol. The highest BCUT2D eigenvalue weighted by Crippen LogP contribution is 2.51. The molecule has 0 N–H and O–H groups in total. The molecule has 0 unspecified atom stereocenters. The van der Waals surface area contributed by atoms with Crippen LogP contribution in [0.5, 0.6) is 0 Å². The van der Waals surface area contributed by atoms with Gasteiger partial charge in [-0.15, -0.1) is 0 Å². The van der Waals surface area contributed by atoms with Crippen LogP contribution in [0.2, 0.25) is 0 Å². The smallest absolute Gasteiger partial charge is 0.0885 e. The van der Waals surface area contributed by atoms with Gasteiger partial charge in [-0.2, -0.15) is 0 Å². The van der Waals surface area contributed by atoms with Crippen LogP contribution >= 0.6 is 0 Å². The molecule has 0 atom stereocenters. The molecule has 0 fully saturated rings. The average molecular weight is 680 g/mol. The van der Waals surface area contributed by atoms with Crippen molar-refractivity contribution in [1.82, 2.24) is 24.1 Å². The third kappa shape index (κ3) is 4.34. The number of aromatic nitrogens is 5. The second kappa shape index (κ2) is 11.1. The Morgan fingerprint density at radius 2 is 1.08 bits per heavy atom. The number of pyridine rings is 1. The van der Waals surface area contributed by atoms with E-state index in [-0.39, 0.29) is 5.41 Å². The van der Waals surface area contributed by atoms with E-state index in [2.05, 4.69) is 149 Å². The molecule has 1 aliphatic rings. The van der Waals surface area contributed by atoms with Crippen molar-refractivity contribution in [3.05, 3.63) is 175 Å². The molecule has 0 radical (unpaired) electrons. The van der Waals surface area contributed by atoms with Crippen molar-refractivity contribution in [3.63, 3.8) is 0 Å². The molecule has 5 heteroatoms. The zero-order valence-corrected chi connectivity index (χ0v) is 29.3. The third-order valence-electron chi connectivity index (χ3n) is 11.3. The summed E-state index contributed by atoms with van der Waals surface area (Å²) < 4.78 is 4.76. The lowest BCUT2D eigenvalue weighted by Crippen LogP contribution is -2.14. The van der Waals surface area contributed by atoms with Gasteiger partial charge in [0.2, 0.25) is 0 Å². The fourth-order valence-electron chi connectivity index (χ4n) is 8.73. The number of para-hydroxylation sites is 1. The minimum Gasteiger partial charge on any atom is -0.309 e. The lowest BCUT2D eigenvalue weighted by Gasteiger charge is -2.21. The molecule has 11 rings (SSSR count). The quantitative estimate of drug-likeness (QED) is 0.186. The molecule has 5 nitrogen and oxygen atoms in total. The van der Waals surface area contributed by atoms with Crippen molar-refractivity contribution in [2.45, 2.75) is 19.3 Å². The van der Waals surface area contributed by atoms with Gasteiger partial charge in [0.25, 0.3) is 0 Å². The van der Waals surface area contributed by atoms with E-state index in [1.165, 1.54) is 54.8 Å². The van der Waals surface area contributed by atoms with E-state index in [4.69, 9.17) is 9.97 Å². The minimum absolute atomic E-state index is 0.0838. The van der Waals surface area contributed by atoms with Gasteiger partial charge in [-0.1, -0.05) is 98.8 Å². The molecule has 0 bridgehead atoms. The van der Waals surface area contributed by atoms with Crippen molar-refractivity contribution in [3.8, 4) is 45.0 Å². The largest absolute Gasteiger partial charge is 0.309 e. The minimum atomic E-state index is -0.0838. The first-order valence-corrected chi connectivity index (χ1v) is 18.1. The molecule has 0 saturated carbocycles. The zero-order chi connectivity index (χ0) is 35.3. The summed E-state index contributed by atoms with van der Waals surface area (Å²) in [4.78, 5) is 14.0. The van der Waals surface area contributed by atoms with Crippen LogP contribution < -0.4 is 0 Å². The highest BCUT2D eigenvalue weighted by Gasteiger charge is 2.36. The summed E-state index contributed by atoms with van der Waals surface area (Å²) in [5, 5.41) is 4.89. The van der Waals surface area contributed by atoms with Crippen LogP contribution in [0.25, 0.3) is 88.6 Å². The summed E-state index contributed by atoms with van der Waals surface area (Å²) in [5.41, 5.74) is 16.0. The van der Waals surface area contributed by atoms with Gasteiger partial charge in [-0.05, 0) is 76.9 Å². The fourth-order valence-corrected chi connectivity index (χ4v) is 8.73. The Hall–Kier alpha value is -6.85. The molecule has 0 saturated heterocycles. The summed E-state index contributed by atoms with van der Waals surface area (Å²) in [6.07, 6.45) is 7.56. The predicted molar refractivity (Wildman–Crippen MR) is 217 cm³/mol. The Morgan fingerprint density at radius 1 is 0.434 bits per heavy atom. The monoisotopic (exact) mass is 679 g/mol. The van der Waals surface area contributed by atoms with Crippen LogP contribution in [0.3, 0.4) is 0 Å². The summed E-state index contributed by atoms with van der Waals surface area (Å²) in [6.45, 7) is 4.71. The molecular formula is C48H33N5. The molecule has 0 spiro atoms. The van der Waals surface area contributed by atoms with Gasteiger partial charge in [-0.3, -0.25) is 15.0 Å². The first-order chi connectivity index (χ1) is 26.0. The molecule has 4 heterocycles. The first kappa shape index (κ1) is 29.8. The maximum Gasteiger partial charge on any atom is 0.0885 e. The maximum absolute atomic E-state index is 4.75. The first-order valence-electron chi connectivity index (χ1n) is 18.1. The topological polar surface area (TPSA) is 48.5 Å². The van der Waals surface area contributed by atoms with E-state index in [0.29, 0.717) is 0 Å². The highest BCUT2D eigenvalue weighted by molar-refractivity contribution is 6.13. The number of fused-ring (bicyclic) bond motifs is 9. The Labute approximate surface area is 306 Å². The van der Waals surface area contributed by atoms with Crippen molar-refractivity contribution in [2.24, 2.45) is 0 Å². The van der Waals surface area contributed by atoms with E-state index >= 15 is 0 Å². The maximum atomic E-state index is 4.75. The van der Waals surface area contributed by atoms with Gasteiger partial charge in [0.05, 0.1) is 52.0 Å². The van der Waals surface area contributed by atoms with Crippen LogP contribution in [0.4, 0.5) is 0 Å². The average Bonchev–Trinajstić information content (AvgIpc) is 3.80. The van der Waals surface area contributed by atoms with E-state index in [9.17, 15) is 0 Å². The van der Waals surface area contributed by atoms with Crippen molar-refractivity contribution in [1.29, 1.82) is 0 Å². The van der Waals surface area contributed by atoms with Crippen LogP contribution in [-0.2, 0) is 5.41 Å². The second-order valence-corrected chi connectivity index (χ2v) is 14.6. The lowest BCUT2D eigenvalue weighted by atomic mass is 9.82. The number of hydrogen-bond donors (Lipinski definition) is 0. The Morgan fingerprint density at radius 3 is 1.89 bits per heavy atom. The fraction of sp³-hybridized carbons (Fsp3) is 0.0625. The molecule has 4 aromatic heterocycles. The van der Waals surface area contributed by atoms with Crippen molar-refractivity contribution in [2.75, 3.05) is 0 Å². The van der Waals surface area contributed by atoms with Crippen LogP contribution in [-0.4, -0.2) is 24.1 Å². The van der Waals surface area contributed by atoms with Crippen LogP contribution in [0, 0.1) is 0 Å². The molecule has 250 valence electrons. The molecule has 1 aliphatic carbocycles. The molecule has 0 aliphatic heterocycles. The normalized spacial score (nSPS) is 13.2. The molecule has 53 heavy (non-hydrogen) atoms. The van der Waals surface area contributed by atoms with Crippen LogP contribution in [0.1, 0.15) is 25.0 Å². The number of nitrogens with zero attached hydrogens (tertiary/aromatic N) is 5. The van der Waals surface area contributed by atoms with Gasteiger partial charge >= 0.3 is 0 Å². The van der Waals surface area contributed by atoms with E-state index in [1.54, 1.807) is 0 Å². The zero-order valence-electron chi connectivity index (χ0n) is 29.3. The predicted octanol–water partition coefficient (Wildman–Crippen LogP) is 11.7. The summed E-state index contributed by atoms with van der Waals surface area (Å²) in [7, 11) is 0. The van der Waals surface area contributed by atoms with Crippen molar-refractivity contribution >= 4 is 43.6 Å². The van der Waals surface area contributed by atoms with Gasteiger partial charge in [0.1, 0.15) is 0 Å². The van der Waals surface area contributed by atoms with Gasteiger partial charge < -0.3 is 9.13 Å². The van der Waals surface area contributed by atoms with Gasteiger partial charge in [0.15, 0.2) is 0 Å². The Balaban J connectivity index is 1.05. The number of benzene rings is 6. The molecule has 0 amide bonds. The van der Waals surface area contributed by atoms with E-state index in [1.807, 2.05) is 43.0 Å². The van der Waals surface area contributed by atoms with Crippen LogP contribution in [0.15, 0.2) is 164 Å². The van der Waals surface area contributed by atoms with Gasteiger partial charge in [0, 0.05) is 55.7 Å². The molecule has 6 aromatic carbocycles. The third-order valence-corrected chi connectivity index (χ3v) is 11.3. The Kier molecular flexibility index (Phi) is 6.23. The van der Waals surface area contributed by atoms with Gasteiger partial charge in [-0.25, -0.2) is 0 Å². The van der Waals surface area contributed by atoms with E-state index < -0.39 is 0 Å². The number of rotatable bonds is 4. The molecule has 10 aromatic rings. The summed E-state index contributed by atoms with van der Waals surface area (Å²) in [5.74, 6) is 0. The second-order valence-electron chi connectivity index (χ2n) is 14.6. The highest BCUT2D eigenvalue weighted by atomic mass is 15.0. The number of hydrogen-bond acceptors (Lipinski definition) is 3. The standard InChI is InChI=1S/C48H33N5/c1-48(2)40-14-8-6-12-34(40)37-25-39-35-13-7-9-15-44(35)53(46(39)26-41(37)48)33-20-21-45-38(24-33)36-22-23-49-29-47(36)52(45)32-18-16-31(17-19-32)43-28-50-42(27-51-43)30-10-4-3-5-11-30/h3-29H,1-2H3. The SMILES string of the molecule is CC1(C)c2ccccc2-c2cc3c4ccccc4n(-c4ccc5c(c4)c4ccncc4n5-c4ccc(-c5cnc(-c6ccccc6)cn5)cc4)c3cc21. The van der Waals surface area contributed by atoms with E-state index in [0.717, 1.165) is 44.9 Å². The Bertz CT molecular complexity index is 3060. The summed E-state index contributed by atoms with van der Waals surface area (Å²) in [6, 6.07) is 50.3. The van der Waals surface area contributed by atoms with Crippen molar-refractivity contribution < 1.29 is 0 Å². The lowest BCUT2D eigenvalue weighted by molar-refractivity contribution is 0.661.